The molecular weight excluding hydrogens is 263 g/mol. The Morgan fingerprint density at radius 3 is 2.17 bits per heavy atom. The van der Waals surface area contributed by atoms with E-state index in [2.05, 4.69) is 51.8 Å². The van der Waals surface area contributed by atoms with Crippen LogP contribution in [0.1, 0.15) is 20.3 Å². The largest absolute Gasteiger partial charge is 0.305 e. The average Bonchev–Trinajstić information content (AvgIpc) is 2.12. The third-order valence-corrected chi connectivity index (χ3v) is 5.52. The molecule has 0 unspecified atom stereocenters. The van der Waals surface area contributed by atoms with Crippen molar-refractivity contribution in [1.29, 1.82) is 0 Å². The minimum Gasteiger partial charge on any atom is -0.305 e. The van der Waals surface area contributed by atoms with Gasteiger partial charge in [0.1, 0.15) is 0 Å². The van der Waals surface area contributed by atoms with Crippen LogP contribution in [-0.4, -0.2) is 40.2 Å². The van der Waals surface area contributed by atoms with Crippen LogP contribution in [0.3, 0.4) is 0 Å². The Balaban J connectivity index is 2.18. The Bertz CT molecular complexity index is 191. The van der Waals surface area contributed by atoms with E-state index in [-0.39, 0.29) is 0 Å². The highest BCUT2D eigenvalue weighted by Crippen LogP contribution is 2.52. The van der Waals surface area contributed by atoms with Crippen molar-refractivity contribution in [3.63, 3.8) is 0 Å². The Morgan fingerprint density at radius 2 is 1.83 bits per heavy atom. The molecule has 2 nitrogen and oxygen atoms in total. The summed E-state index contributed by atoms with van der Waals surface area (Å²) in [7, 11) is 2.22. The molecule has 2 aliphatic heterocycles. The number of hydrogen-bond acceptors (Lipinski definition) is 2. The lowest BCUT2D eigenvalue weighted by molar-refractivity contribution is -0.0312. The maximum atomic E-state index is 2.48. The Hall–Kier alpha value is 0.650. The summed E-state index contributed by atoms with van der Waals surface area (Å²) in [5.74, 6) is 0. The minimum absolute atomic E-state index is 0.403. The fraction of sp³-hybridized carbons (Fsp3) is 1.00. The van der Waals surface area contributed by atoms with Crippen molar-refractivity contribution in [1.82, 2.24) is 8.01 Å². The van der Waals surface area contributed by atoms with Gasteiger partial charge in [-0.3, -0.25) is 0 Å². The molecule has 0 radical (unpaired) electrons. The molecule has 2 aliphatic rings. The van der Waals surface area contributed by atoms with E-state index >= 15 is 0 Å². The molecule has 12 heavy (non-hydrogen) atoms. The molecule has 3 heteroatoms. The fourth-order valence-corrected chi connectivity index (χ4v) is 3.44. The standard InChI is InChI=1S/C9H17IN2/c1-8(2)9(4-5-12(8)10)6-11(3)7-9/h4-7H2,1-3H3. The van der Waals surface area contributed by atoms with Gasteiger partial charge in [-0.2, -0.15) is 0 Å². The maximum Gasteiger partial charge on any atom is 0.0330 e. The van der Waals surface area contributed by atoms with Gasteiger partial charge < -0.3 is 4.90 Å². The van der Waals surface area contributed by atoms with Crippen molar-refractivity contribution in [3.8, 4) is 0 Å². The second-order valence-corrected chi connectivity index (χ2v) is 6.01. The van der Waals surface area contributed by atoms with Crippen LogP contribution in [0.15, 0.2) is 0 Å². The quantitative estimate of drug-likeness (QED) is 0.493. The molecule has 0 aromatic heterocycles. The minimum atomic E-state index is 0.403. The van der Waals surface area contributed by atoms with Gasteiger partial charge in [-0.05, 0) is 27.3 Å². The van der Waals surface area contributed by atoms with Crippen molar-refractivity contribution in [3.05, 3.63) is 0 Å². The molecule has 0 atom stereocenters. The van der Waals surface area contributed by atoms with E-state index in [9.17, 15) is 0 Å². The first-order valence-corrected chi connectivity index (χ1v) is 5.56. The van der Waals surface area contributed by atoms with Gasteiger partial charge in [-0.25, -0.2) is 3.11 Å². The van der Waals surface area contributed by atoms with Crippen LogP contribution in [0, 0.1) is 5.41 Å². The highest BCUT2D eigenvalue weighted by Gasteiger charge is 2.57. The van der Waals surface area contributed by atoms with Gasteiger partial charge in [0.25, 0.3) is 0 Å². The number of nitrogens with zero attached hydrogens (tertiary/aromatic N) is 2. The lowest BCUT2D eigenvalue weighted by Crippen LogP contribution is -2.63. The van der Waals surface area contributed by atoms with Crippen molar-refractivity contribution >= 4 is 22.9 Å². The van der Waals surface area contributed by atoms with E-state index in [1.807, 2.05) is 0 Å². The maximum absolute atomic E-state index is 2.48. The molecule has 0 aliphatic carbocycles. The highest BCUT2D eigenvalue weighted by atomic mass is 127. The fourth-order valence-electron chi connectivity index (χ4n) is 2.69. The van der Waals surface area contributed by atoms with Gasteiger partial charge in [0.2, 0.25) is 0 Å². The van der Waals surface area contributed by atoms with Crippen molar-refractivity contribution in [2.45, 2.75) is 25.8 Å². The summed E-state index contributed by atoms with van der Waals surface area (Å²) in [5, 5.41) is 0. The summed E-state index contributed by atoms with van der Waals surface area (Å²) in [6.45, 7) is 8.62. The van der Waals surface area contributed by atoms with Crippen LogP contribution in [0.2, 0.25) is 0 Å². The summed E-state index contributed by atoms with van der Waals surface area (Å²) in [5.41, 5.74) is 1.00. The lowest BCUT2D eigenvalue weighted by atomic mass is 9.67. The molecule has 2 heterocycles. The smallest absolute Gasteiger partial charge is 0.0330 e. The van der Waals surface area contributed by atoms with Crippen LogP contribution < -0.4 is 0 Å². The van der Waals surface area contributed by atoms with Crippen LogP contribution in [-0.2, 0) is 0 Å². The molecule has 2 rings (SSSR count). The SMILES string of the molecule is CN1CC2(CCN(I)C2(C)C)C1. The monoisotopic (exact) mass is 280 g/mol. The number of likely N-dealkylation sites (tertiary alicyclic amines) is 1. The van der Waals surface area contributed by atoms with E-state index < -0.39 is 0 Å². The molecule has 0 aromatic carbocycles. The third-order valence-electron chi connectivity index (χ3n) is 3.84. The van der Waals surface area contributed by atoms with Crippen molar-refractivity contribution < 1.29 is 0 Å². The molecular formula is C9H17IN2. The molecule has 0 N–H and O–H groups in total. The zero-order chi connectivity index (χ0) is 8.98. The summed E-state index contributed by atoms with van der Waals surface area (Å²) < 4.78 is 2.48. The summed E-state index contributed by atoms with van der Waals surface area (Å²) in [6, 6.07) is 0. The lowest BCUT2D eigenvalue weighted by Gasteiger charge is -2.54. The van der Waals surface area contributed by atoms with E-state index in [4.69, 9.17) is 0 Å². The Labute approximate surface area is 88.8 Å². The first kappa shape index (κ1) is 9.21. The van der Waals surface area contributed by atoms with Crippen LogP contribution in [0.5, 0.6) is 0 Å². The zero-order valence-corrected chi connectivity index (χ0v) is 10.3. The molecule has 1 spiro atoms. The van der Waals surface area contributed by atoms with E-state index in [0.29, 0.717) is 11.0 Å². The van der Waals surface area contributed by atoms with E-state index in [0.717, 1.165) is 0 Å². The van der Waals surface area contributed by atoms with Crippen LogP contribution in [0.4, 0.5) is 0 Å². The van der Waals surface area contributed by atoms with Crippen LogP contribution >= 0.6 is 22.9 Å². The number of rotatable bonds is 0. The van der Waals surface area contributed by atoms with Gasteiger partial charge in [0.05, 0.1) is 0 Å². The molecule has 2 saturated heterocycles. The molecule has 0 bridgehead atoms. The Kier molecular flexibility index (Phi) is 1.98. The topological polar surface area (TPSA) is 6.48 Å². The van der Waals surface area contributed by atoms with Gasteiger partial charge in [0.15, 0.2) is 0 Å². The van der Waals surface area contributed by atoms with E-state index in [1.54, 1.807) is 0 Å². The second-order valence-electron chi connectivity index (χ2n) is 4.85. The molecule has 70 valence electrons. The van der Waals surface area contributed by atoms with Gasteiger partial charge in [0, 0.05) is 53.5 Å². The molecule has 0 aromatic rings. The summed E-state index contributed by atoms with van der Waals surface area (Å²) >= 11 is 2.48. The first-order valence-electron chi connectivity index (χ1n) is 4.60. The third kappa shape index (κ3) is 0.990. The molecule has 2 fully saturated rings. The van der Waals surface area contributed by atoms with Crippen molar-refractivity contribution in [2.24, 2.45) is 5.41 Å². The predicted octanol–water partition coefficient (Wildman–Crippen LogP) is 1.75. The first-order chi connectivity index (χ1) is 5.48. The summed E-state index contributed by atoms with van der Waals surface area (Å²) in [6.07, 6.45) is 1.38. The number of halogens is 1. The zero-order valence-electron chi connectivity index (χ0n) is 8.10. The van der Waals surface area contributed by atoms with Crippen molar-refractivity contribution in [2.75, 3.05) is 26.7 Å². The Morgan fingerprint density at radius 1 is 1.25 bits per heavy atom. The van der Waals surface area contributed by atoms with Gasteiger partial charge in [-0.1, -0.05) is 0 Å². The van der Waals surface area contributed by atoms with Gasteiger partial charge in [-0.15, -0.1) is 0 Å². The molecule has 0 amide bonds. The van der Waals surface area contributed by atoms with Gasteiger partial charge >= 0.3 is 0 Å². The molecule has 0 saturated carbocycles. The second kappa shape index (κ2) is 2.58. The average molecular weight is 280 g/mol. The predicted molar refractivity (Wildman–Crippen MR) is 59.4 cm³/mol. The highest BCUT2D eigenvalue weighted by molar-refractivity contribution is 14.1. The number of hydrogen-bond donors (Lipinski definition) is 0. The summed E-state index contributed by atoms with van der Waals surface area (Å²) in [4.78, 5) is 2.43. The normalized spacial score (nSPS) is 34.0. The van der Waals surface area contributed by atoms with Crippen LogP contribution in [0.25, 0.3) is 0 Å². The van der Waals surface area contributed by atoms with E-state index in [1.165, 1.54) is 26.1 Å².